The second-order valence-corrected chi connectivity index (χ2v) is 6.49. The zero-order valence-electron chi connectivity index (χ0n) is 12.7. The lowest BCUT2D eigenvalue weighted by atomic mass is 10.2. The van der Waals surface area contributed by atoms with E-state index >= 15 is 0 Å². The summed E-state index contributed by atoms with van der Waals surface area (Å²) < 4.78 is 5.31. The number of anilines is 1. The standard InChI is InChI=1S/C16H16N4O2S/c1-11-4-10-22-13(11)15(21)19-6-8-20(9-7-19)16-18-12-3-2-5-17-14(12)23-16/h2-5,10H,6-9H2,1H3. The van der Waals surface area contributed by atoms with Gasteiger partial charge in [-0.3, -0.25) is 4.79 Å². The zero-order chi connectivity index (χ0) is 15.8. The van der Waals surface area contributed by atoms with Crippen molar-refractivity contribution in [3.8, 4) is 0 Å². The molecule has 1 saturated heterocycles. The zero-order valence-corrected chi connectivity index (χ0v) is 13.5. The molecule has 0 atom stereocenters. The van der Waals surface area contributed by atoms with Crippen LogP contribution in [0.15, 0.2) is 35.1 Å². The number of carbonyl (C=O) groups is 1. The van der Waals surface area contributed by atoms with Gasteiger partial charge >= 0.3 is 0 Å². The normalized spacial score (nSPS) is 15.3. The summed E-state index contributed by atoms with van der Waals surface area (Å²) in [6, 6.07) is 5.69. The van der Waals surface area contributed by atoms with Gasteiger partial charge in [-0.15, -0.1) is 0 Å². The van der Waals surface area contributed by atoms with Crippen LogP contribution in [0.3, 0.4) is 0 Å². The first-order valence-electron chi connectivity index (χ1n) is 7.52. The van der Waals surface area contributed by atoms with E-state index in [1.54, 1.807) is 23.8 Å². The van der Waals surface area contributed by atoms with E-state index in [1.807, 2.05) is 30.0 Å². The van der Waals surface area contributed by atoms with E-state index in [0.717, 1.165) is 34.1 Å². The Labute approximate surface area is 137 Å². The first kappa shape index (κ1) is 14.2. The lowest BCUT2D eigenvalue weighted by Gasteiger charge is -2.34. The maximum Gasteiger partial charge on any atom is 0.289 e. The third-order valence-electron chi connectivity index (χ3n) is 4.05. The second kappa shape index (κ2) is 5.66. The fourth-order valence-corrected chi connectivity index (χ4v) is 3.69. The molecule has 23 heavy (non-hydrogen) atoms. The van der Waals surface area contributed by atoms with Gasteiger partial charge in [0, 0.05) is 37.9 Å². The molecule has 4 heterocycles. The fraction of sp³-hybridized carbons (Fsp3) is 0.312. The SMILES string of the molecule is Cc1ccoc1C(=O)N1CCN(c2nc3cccnc3s2)CC1. The molecular formula is C16H16N4O2S. The molecule has 0 aromatic carbocycles. The van der Waals surface area contributed by atoms with Crippen LogP contribution >= 0.6 is 11.3 Å². The Balaban J connectivity index is 1.46. The van der Waals surface area contributed by atoms with Crippen LogP contribution < -0.4 is 4.90 Å². The Morgan fingerprint density at radius 1 is 1.26 bits per heavy atom. The molecule has 7 heteroatoms. The number of aryl methyl sites for hydroxylation is 1. The molecule has 3 aromatic heterocycles. The average molecular weight is 328 g/mol. The molecule has 0 saturated carbocycles. The number of hydrogen-bond acceptors (Lipinski definition) is 6. The number of furan rings is 1. The molecule has 0 spiro atoms. The van der Waals surface area contributed by atoms with Crippen molar-refractivity contribution in [1.82, 2.24) is 14.9 Å². The number of amides is 1. The van der Waals surface area contributed by atoms with Gasteiger partial charge in [-0.2, -0.15) is 0 Å². The van der Waals surface area contributed by atoms with E-state index in [2.05, 4.69) is 14.9 Å². The van der Waals surface area contributed by atoms with Crippen molar-refractivity contribution >= 4 is 32.7 Å². The molecule has 3 aromatic rings. The molecule has 1 amide bonds. The van der Waals surface area contributed by atoms with Gasteiger partial charge in [0.05, 0.1) is 6.26 Å². The topological polar surface area (TPSA) is 62.5 Å². The van der Waals surface area contributed by atoms with Crippen LogP contribution in [0.4, 0.5) is 5.13 Å². The van der Waals surface area contributed by atoms with E-state index < -0.39 is 0 Å². The van der Waals surface area contributed by atoms with Gasteiger partial charge in [0.1, 0.15) is 10.3 Å². The maximum absolute atomic E-state index is 12.5. The molecule has 1 aliphatic heterocycles. The molecule has 118 valence electrons. The Bertz CT molecular complexity index is 816. The lowest BCUT2D eigenvalue weighted by molar-refractivity contribution is 0.0713. The Kier molecular flexibility index (Phi) is 3.49. The number of hydrogen-bond donors (Lipinski definition) is 0. The van der Waals surface area contributed by atoms with Crippen molar-refractivity contribution in [2.75, 3.05) is 31.1 Å². The van der Waals surface area contributed by atoms with E-state index in [1.165, 1.54) is 0 Å². The Hall–Kier alpha value is -2.41. The quantitative estimate of drug-likeness (QED) is 0.723. The fourth-order valence-electron chi connectivity index (χ4n) is 2.73. The monoisotopic (exact) mass is 328 g/mol. The summed E-state index contributed by atoms with van der Waals surface area (Å²) in [6.45, 7) is 4.77. The number of fused-ring (bicyclic) bond motifs is 1. The van der Waals surface area contributed by atoms with Crippen LogP contribution in [0.1, 0.15) is 16.1 Å². The molecule has 0 bridgehead atoms. The second-order valence-electron chi connectivity index (χ2n) is 5.54. The summed E-state index contributed by atoms with van der Waals surface area (Å²) in [7, 11) is 0. The maximum atomic E-state index is 12.5. The van der Waals surface area contributed by atoms with Gasteiger partial charge < -0.3 is 14.2 Å². The molecule has 1 fully saturated rings. The van der Waals surface area contributed by atoms with E-state index in [0.29, 0.717) is 18.8 Å². The molecule has 0 N–H and O–H groups in total. The number of aromatic nitrogens is 2. The number of thiazole rings is 1. The predicted octanol–water partition coefficient (Wildman–Crippen LogP) is 2.56. The third-order valence-corrected chi connectivity index (χ3v) is 5.09. The first-order valence-corrected chi connectivity index (χ1v) is 8.34. The summed E-state index contributed by atoms with van der Waals surface area (Å²) in [4.78, 5) is 26.4. The van der Waals surface area contributed by atoms with Gasteiger partial charge in [0.2, 0.25) is 0 Å². The van der Waals surface area contributed by atoms with Crippen LogP contribution in [0, 0.1) is 6.92 Å². The Morgan fingerprint density at radius 3 is 2.78 bits per heavy atom. The highest BCUT2D eigenvalue weighted by Gasteiger charge is 2.26. The van der Waals surface area contributed by atoms with Gasteiger partial charge in [-0.1, -0.05) is 11.3 Å². The molecule has 4 rings (SSSR count). The average Bonchev–Trinajstić information content (AvgIpc) is 3.20. The van der Waals surface area contributed by atoms with Crippen LogP contribution in [0.5, 0.6) is 0 Å². The smallest absolute Gasteiger partial charge is 0.289 e. The minimum absolute atomic E-state index is 0.0295. The molecule has 0 radical (unpaired) electrons. The number of pyridine rings is 1. The van der Waals surface area contributed by atoms with Crippen molar-refractivity contribution < 1.29 is 9.21 Å². The number of piperazine rings is 1. The molecule has 6 nitrogen and oxygen atoms in total. The highest BCUT2D eigenvalue weighted by Crippen LogP contribution is 2.27. The minimum atomic E-state index is -0.0295. The summed E-state index contributed by atoms with van der Waals surface area (Å²) >= 11 is 1.60. The third kappa shape index (κ3) is 2.57. The van der Waals surface area contributed by atoms with Gasteiger partial charge in [0.15, 0.2) is 10.9 Å². The van der Waals surface area contributed by atoms with Crippen molar-refractivity contribution in [2.24, 2.45) is 0 Å². The molecular weight excluding hydrogens is 312 g/mol. The summed E-state index contributed by atoms with van der Waals surface area (Å²) in [5, 5.41) is 0.972. The van der Waals surface area contributed by atoms with Gasteiger partial charge in [0.25, 0.3) is 5.91 Å². The number of nitrogens with zero attached hydrogens (tertiary/aromatic N) is 4. The summed E-state index contributed by atoms with van der Waals surface area (Å²) in [5.41, 5.74) is 1.81. The minimum Gasteiger partial charge on any atom is -0.459 e. The molecule has 1 aliphatic rings. The lowest BCUT2D eigenvalue weighted by Crippen LogP contribution is -2.48. The van der Waals surface area contributed by atoms with Crippen molar-refractivity contribution in [2.45, 2.75) is 6.92 Å². The van der Waals surface area contributed by atoms with Crippen LogP contribution in [-0.4, -0.2) is 47.0 Å². The van der Waals surface area contributed by atoms with Crippen LogP contribution in [0.2, 0.25) is 0 Å². The molecule has 0 aliphatic carbocycles. The van der Waals surface area contributed by atoms with Crippen LogP contribution in [-0.2, 0) is 0 Å². The largest absolute Gasteiger partial charge is 0.459 e. The van der Waals surface area contributed by atoms with E-state index in [9.17, 15) is 4.79 Å². The highest BCUT2D eigenvalue weighted by atomic mass is 32.1. The van der Waals surface area contributed by atoms with Crippen LogP contribution in [0.25, 0.3) is 10.3 Å². The van der Waals surface area contributed by atoms with Gasteiger partial charge in [-0.25, -0.2) is 9.97 Å². The Morgan fingerprint density at radius 2 is 2.09 bits per heavy atom. The van der Waals surface area contributed by atoms with Gasteiger partial charge in [-0.05, 0) is 25.1 Å². The molecule has 0 unspecified atom stereocenters. The van der Waals surface area contributed by atoms with E-state index in [-0.39, 0.29) is 5.91 Å². The van der Waals surface area contributed by atoms with E-state index in [4.69, 9.17) is 4.42 Å². The van der Waals surface area contributed by atoms with Crippen molar-refractivity contribution in [3.63, 3.8) is 0 Å². The summed E-state index contributed by atoms with van der Waals surface area (Å²) in [5.74, 6) is 0.417. The van der Waals surface area contributed by atoms with Crippen molar-refractivity contribution in [1.29, 1.82) is 0 Å². The number of carbonyl (C=O) groups excluding carboxylic acids is 1. The number of rotatable bonds is 2. The van der Waals surface area contributed by atoms with Crippen molar-refractivity contribution in [3.05, 3.63) is 42.0 Å². The highest BCUT2D eigenvalue weighted by molar-refractivity contribution is 7.21. The summed E-state index contributed by atoms with van der Waals surface area (Å²) in [6.07, 6.45) is 3.35. The predicted molar refractivity (Wildman–Crippen MR) is 89.0 cm³/mol. The first-order chi connectivity index (χ1) is 11.2.